The van der Waals surface area contributed by atoms with E-state index in [1.165, 1.54) is 32.4 Å². The third-order valence-corrected chi connectivity index (χ3v) is 1.80. The highest BCUT2D eigenvalue weighted by atomic mass is 16.5. The number of carbonyl (C=O) groups is 2. The number of carboxylic acids is 1. The highest BCUT2D eigenvalue weighted by Crippen LogP contribution is 2.22. The van der Waals surface area contributed by atoms with Gasteiger partial charge in [0, 0.05) is 11.6 Å². The second-order valence-electron chi connectivity index (χ2n) is 2.72. The highest BCUT2D eigenvalue weighted by Gasteiger charge is 2.10. The Kier molecular flexibility index (Phi) is 3.28. The van der Waals surface area contributed by atoms with Crippen LogP contribution in [0.25, 0.3) is 0 Å². The zero-order chi connectivity index (χ0) is 11.4. The molecule has 0 bridgehead atoms. The molecule has 0 radical (unpaired) electrons. The predicted octanol–water partition coefficient (Wildman–Crippen LogP) is -0.364. The molecule has 5 heteroatoms. The van der Waals surface area contributed by atoms with Crippen molar-refractivity contribution in [3.63, 3.8) is 0 Å². The summed E-state index contributed by atoms with van der Waals surface area (Å²) in [6, 6.07) is 4.15. The van der Waals surface area contributed by atoms with Gasteiger partial charge in [-0.25, -0.2) is 0 Å². The van der Waals surface area contributed by atoms with Crippen LogP contribution in [-0.4, -0.2) is 26.0 Å². The molecule has 0 heterocycles. The summed E-state index contributed by atoms with van der Waals surface area (Å²) in [6.45, 7) is 0. The van der Waals surface area contributed by atoms with Crippen molar-refractivity contribution in [2.75, 3.05) is 14.2 Å². The van der Waals surface area contributed by atoms with Gasteiger partial charge >= 0.3 is 0 Å². The Morgan fingerprint density at radius 1 is 1.07 bits per heavy atom. The molecular weight excluding hydrogens is 200 g/mol. The largest absolute Gasteiger partial charge is 0.541 e. The molecule has 0 saturated carbocycles. The molecular formula is C10H9O5-. The Morgan fingerprint density at radius 2 is 1.53 bits per heavy atom. The van der Waals surface area contributed by atoms with Crippen molar-refractivity contribution < 1.29 is 24.2 Å². The molecule has 0 spiro atoms. The molecule has 0 N–H and O–H groups in total. The van der Waals surface area contributed by atoms with Crippen LogP contribution in [0.2, 0.25) is 0 Å². The van der Waals surface area contributed by atoms with E-state index in [1.54, 1.807) is 0 Å². The minimum Gasteiger partial charge on any atom is -0.541 e. The van der Waals surface area contributed by atoms with Crippen molar-refractivity contribution in [1.29, 1.82) is 0 Å². The van der Waals surface area contributed by atoms with Crippen LogP contribution >= 0.6 is 0 Å². The fourth-order valence-corrected chi connectivity index (χ4v) is 1.06. The Labute approximate surface area is 86.2 Å². The van der Waals surface area contributed by atoms with Crippen molar-refractivity contribution in [2.24, 2.45) is 0 Å². The molecule has 0 fully saturated rings. The molecule has 1 aromatic carbocycles. The first-order valence-electron chi connectivity index (χ1n) is 4.07. The van der Waals surface area contributed by atoms with Crippen LogP contribution < -0.4 is 14.6 Å². The van der Waals surface area contributed by atoms with Gasteiger partial charge < -0.3 is 19.4 Å². The van der Waals surface area contributed by atoms with E-state index in [1.807, 2.05) is 0 Å². The standard InChI is InChI=1S/C10H10O5/c1-14-7-3-6(9(11)10(12)13)4-8(5-7)15-2/h3-5H,1-2H3,(H,12,13)/p-1. The van der Waals surface area contributed by atoms with E-state index in [4.69, 9.17) is 9.47 Å². The molecule has 0 atom stereocenters. The second kappa shape index (κ2) is 4.45. The van der Waals surface area contributed by atoms with Crippen LogP contribution in [0.4, 0.5) is 0 Å². The van der Waals surface area contributed by atoms with Gasteiger partial charge in [0.05, 0.1) is 14.2 Å². The Hall–Kier alpha value is -2.04. The molecule has 5 nitrogen and oxygen atoms in total. The number of benzene rings is 1. The summed E-state index contributed by atoms with van der Waals surface area (Å²) in [7, 11) is 2.81. The first-order chi connectivity index (χ1) is 7.08. The van der Waals surface area contributed by atoms with E-state index in [0.29, 0.717) is 11.5 Å². The topological polar surface area (TPSA) is 75.7 Å². The number of aliphatic carboxylic acids is 1. The summed E-state index contributed by atoms with van der Waals surface area (Å²) in [4.78, 5) is 21.5. The summed E-state index contributed by atoms with van der Waals surface area (Å²) >= 11 is 0. The van der Waals surface area contributed by atoms with Crippen LogP contribution in [0.1, 0.15) is 10.4 Å². The maximum atomic E-state index is 11.1. The van der Waals surface area contributed by atoms with Crippen LogP contribution in [0.15, 0.2) is 18.2 Å². The van der Waals surface area contributed by atoms with Gasteiger partial charge in [-0.3, -0.25) is 4.79 Å². The number of hydrogen-bond donors (Lipinski definition) is 0. The molecule has 0 aliphatic heterocycles. The van der Waals surface area contributed by atoms with Gasteiger partial charge in [-0.2, -0.15) is 0 Å². The Balaban J connectivity index is 3.17. The van der Waals surface area contributed by atoms with E-state index < -0.39 is 11.8 Å². The average molecular weight is 209 g/mol. The van der Waals surface area contributed by atoms with E-state index >= 15 is 0 Å². The molecule has 0 aliphatic carbocycles. The van der Waals surface area contributed by atoms with Crippen LogP contribution in [0.5, 0.6) is 11.5 Å². The van der Waals surface area contributed by atoms with E-state index in [0.717, 1.165) is 0 Å². The lowest BCUT2D eigenvalue weighted by Gasteiger charge is -2.07. The van der Waals surface area contributed by atoms with Crippen LogP contribution in [0.3, 0.4) is 0 Å². The van der Waals surface area contributed by atoms with Gasteiger partial charge in [-0.15, -0.1) is 0 Å². The molecule has 1 aromatic rings. The summed E-state index contributed by atoms with van der Waals surface area (Å²) in [5.74, 6) is -2.17. The highest BCUT2D eigenvalue weighted by molar-refractivity contribution is 6.39. The van der Waals surface area contributed by atoms with Crippen LogP contribution in [0, 0.1) is 0 Å². The molecule has 0 saturated heterocycles. The first kappa shape index (κ1) is 11.0. The monoisotopic (exact) mass is 209 g/mol. The number of carboxylic acid groups (broad SMARTS) is 1. The third kappa shape index (κ3) is 2.46. The number of hydrogen-bond acceptors (Lipinski definition) is 5. The van der Waals surface area contributed by atoms with Crippen molar-refractivity contribution in [2.45, 2.75) is 0 Å². The van der Waals surface area contributed by atoms with Crippen molar-refractivity contribution in [3.8, 4) is 11.5 Å². The second-order valence-corrected chi connectivity index (χ2v) is 2.72. The quantitative estimate of drug-likeness (QED) is 0.499. The Bertz CT molecular complexity index is 375. The molecule has 0 amide bonds. The van der Waals surface area contributed by atoms with Gasteiger partial charge in [0.1, 0.15) is 17.5 Å². The first-order valence-corrected chi connectivity index (χ1v) is 4.07. The molecule has 1 rings (SSSR count). The molecule has 0 aromatic heterocycles. The normalized spacial score (nSPS) is 9.47. The number of ketones is 1. The van der Waals surface area contributed by atoms with Gasteiger partial charge in [-0.05, 0) is 12.1 Å². The van der Waals surface area contributed by atoms with Gasteiger partial charge in [0.2, 0.25) is 5.78 Å². The molecule has 0 aliphatic rings. The number of carbonyl (C=O) groups excluding carboxylic acids is 2. The lowest BCUT2D eigenvalue weighted by molar-refractivity contribution is -0.296. The van der Waals surface area contributed by atoms with Crippen LogP contribution in [-0.2, 0) is 4.79 Å². The summed E-state index contributed by atoms with van der Waals surface area (Å²) in [6.07, 6.45) is 0. The minimum absolute atomic E-state index is 0.0359. The summed E-state index contributed by atoms with van der Waals surface area (Å²) < 4.78 is 9.76. The molecule has 15 heavy (non-hydrogen) atoms. The summed E-state index contributed by atoms with van der Waals surface area (Å²) in [5, 5.41) is 10.4. The van der Waals surface area contributed by atoms with Crippen molar-refractivity contribution in [3.05, 3.63) is 23.8 Å². The van der Waals surface area contributed by atoms with Gasteiger partial charge in [0.25, 0.3) is 0 Å². The summed E-state index contributed by atoms with van der Waals surface area (Å²) in [5.41, 5.74) is -0.0359. The smallest absolute Gasteiger partial charge is 0.208 e. The average Bonchev–Trinajstić information content (AvgIpc) is 2.27. The van der Waals surface area contributed by atoms with E-state index in [-0.39, 0.29) is 5.56 Å². The van der Waals surface area contributed by atoms with E-state index in [9.17, 15) is 14.7 Å². The van der Waals surface area contributed by atoms with Gasteiger partial charge in [-0.1, -0.05) is 0 Å². The third-order valence-electron chi connectivity index (χ3n) is 1.80. The number of Topliss-reactive ketones (excluding diaryl/α,β-unsaturated/α-hetero) is 1. The SMILES string of the molecule is COc1cc(OC)cc(C(=O)C(=O)[O-])c1. The fourth-order valence-electron chi connectivity index (χ4n) is 1.06. The number of ether oxygens (including phenoxy) is 2. The number of methoxy groups -OCH3 is 2. The van der Waals surface area contributed by atoms with Crippen molar-refractivity contribution in [1.82, 2.24) is 0 Å². The molecule has 80 valence electrons. The maximum Gasteiger partial charge on any atom is 0.208 e. The Morgan fingerprint density at radius 3 is 1.87 bits per heavy atom. The maximum absolute atomic E-state index is 11.1. The number of rotatable bonds is 4. The zero-order valence-electron chi connectivity index (χ0n) is 8.27. The lowest BCUT2D eigenvalue weighted by atomic mass is 10.1. The molecule has 0 unspecified atom stereocenters. The zero-order valence-corrected chi connectivity index (χ0v) is 8.27. The van der Waals surface area contributed by atoms with Crippen molar-refractivity contribution >= 4 is 11.8 Å². The predicted molar refractivity (Wildman–Crippen MR) is 48.9 cm³/mol. The van der Waals surface area contributed by atoms with Gasteiger partial charge in [0.15, 0.2) is 0 Å². The lowest BCUT2D eigenvalue weighted by Crippen LogP contribution is -2.31. The minimum atomic E-state index is -1.76. The van der Waals surface area contributed by atoms with E-state index in [2.05, 4.69) is 0 Å². The fraction of sp³-hybridized carbons (Fsp3) is 0.200.